The summed E-state index contributed by atoms with van der Waals surface area (Å²) in [5.74, 6) is 0.123. The Labute approximate surface area is 115 Å². The molecule has 0 spiro atoms. The monoisotopic (exact) mass is 261 g/mol. The second-order valence-electron chi connectivity index (χ2n) is 5.38. The van der Waals surface area contributed by atoms with Crippen LogP contribution in [0.2, 0.25) is 0 Å². The summed E-state index contributed by atoms with van der Waals surface area (Å²) in [6.07, 6.45) is 4.35. The minimum absolute atomic E-state index is 0.123. The van der Waals surface area contributed by atoms with Crippen molar-refractivity contribution in [3.8, 4) is 0 Å². The Morgan fingerprint density at radius 2 is 2.00 bits per heavy atom. The Morgan fingerprint density at radius 1 is 1.32 bits per heavy atom. The molecule has 19 heavy (non-hydrogen) atoms. The normalized spacial score (nSPS) is 18.8. The third kappa shape index (κ3) is 4.06. The van der Waals surface area contributed by atoms with Crippen molar-refractivity contribution in [1.29, 1.82) is 0 Å². The van der Waals surface area contributed by atoms with E-state index in [4.69, 9.17) is 0 Å². The van der Waals surface area contributed by atoms with Crippen LogP contribution in [0, 0.1) is 0 Å². The van der Waals surface area contributed by atoms with Gasteiger partial charge in [-0.15, -0.1) is 0 Å². The summed E-state index contributed by atoms with van der Waals surface area (Å²) in [5.41, 5.74) is 2.40. The van der Waals surface area contributed by atoms with Crippen LogP contribution >= 0.6 is 0 Å². The van der Waals surface area contributed by atoms with Crippen molar-refractivity contribution in [1.82, 2.24) is 4.90 Å². The molecule has 0 saturated carbocycles. The summed E-state index contributed by atoms with van der Waals surface area (Å²) in [5, 5.41) is 9.44. The number of β-amino-alcohol motifs (C(OH)–C–C–N with tert-alkyl or cyclic N) is 1. The van der Waals surface area contributed by atoms with Crippen LogP contribution in [0.5, 0.6) is 0 Å². The van der Waals surface area contributed by atoms with Gasteiger partial charge >= 0.3 is 0 Å². The number of unbranched alkanes of at least 4 members (excludes halogenated alkanes) is 1. The number of hydrogen-bond acceptors (Lipinski definition) is 2. The molecule has 0 radical (unpaired) electrons. The highest BCUT2D eigenvalue weighted by Crippen LogP contribution is 2.13. The smallest absolute Gasteiger partial charge is 0.227 e. The van der Waals surface area contributed by atoms with Crippen molar-refractivity contribution in [3.63, 3.8) is 0 Å². The van der Waals surface area contributed by atoms with Gasteiger partial charge in [-0.2, -0.15) is 0 Å². The second-order valence-corrected chi connectivity index (χ2v) is 5.38. The fraction of sp³-hybridized carbons (Fsp3) is 0.562. The molecule has 3 nitrogen and oxygen atoms in total. The van der Waals surface area contributed by atoms with Gasteiger partial charge in [0, 0.05) is 13.1 Å². The van der Waals surface area contributed by atoms with Crippen LogP contribution in [0.25, 0.3) is 0 Å². The number of carbonyl (C=O) groups is 1. The van der Waals surface area contributed by atoms with E-state index in [0.717, 1.165) is 12.0 Å². The lowest BCUT2D eigenvalue weighted by Crippen LogP contribution is -2.30. The van der Waals surface area contributed by atoms with Gasteiger partial charge in [-0.05, 0) is 30.4 Å². The fourth-order valence-electron chi connectivity index (χ4n) is 2.46. The molecule has 1 aromatic carbocycles. The summed E-state index contributed by atoms with van der Waals surface area (Å²) < 4.78 is 0. The van der Waals surface area contributed by atoms with Crippen LogP contribution in [0.4, 0.5) is 0 Å². The van der Waals surface area contributed by atoms with Crippen LogP contribution < -0.4 is 0 Å². The Balaban J connectivity index is 1.87. The van der Waals surface area contributed by atoms with Crippen molar-refractivity contribution in [2.24, 2.45) is 0 Å². The largest absolute Gasteiger partial charge is 0.391 e. The fourth-order valence-corrected chi connectivity index (χ4v) is 2.46. The Morgan fingerprint density at radius 3 is 2.58 bits per heavy atom. The SMILES string of the molecule is CCCCc1ccc(CC(=O)N2CC[C@H](O)C2)cc1. The van der Waals surface area contributed by atoms with E-state index in [1.165, 1.54) is 18.4 Å². The van der Waals surface area contributed by atoms with Crippen LogP contribution in [-0.2, 0) is 17.6 Å². The zero-order chi connectivity index (χ0) is 13.7. The summed E-state index contributed by atoms with van der Waals surface area (Å²) in [6.45, 7) is 3.37. The van der Waals surface area contributed by atoms with E-state index in [9.17, 15) is 9.90 Å². The molecular formula is C16H23NO2. The lowest BCUT2D eigenvalue weighted by Gasteiger charge is -2.15. The summed E-state index contributed by atoms with van der Waals surface area (Å²) in [4.78, 5) is 13.8. The Bertz CT molecular complexity index is 413. The molecule has 1 amide bonds. The van der Waals surface area contributed by atoms with Crippen LogP contribution in [-0.4, -0.2) is 35.1 Å². The highest BCUT2D eigenvalue weighted by Gasteiger charge is 2.24. The quantitative estimate of drug-likeness (QED) is 0.882. The van der Waals surface area contributed by atoms with Crippen molar-refractivity contribution >= 4 is 5.91 Å². The van der Waals surface area contributed by atoms with Gasteiger partial charge < -0.3 is 10.0 Å². The molecule has 1 aliphatic heterocycles. The molecule has 1 aliphatic rings. The zero-order valence-electron chi connectivity index (χ0n) is 11.6. The molecule has 1 atom stereocenters. The van der Waals surface area contributed by atoms with E-state index in [2.05, 4.69) is 31.2 Å². The molecule has 3 heteroatoms. The van der Waals surface area contributed by atoms with Crippen molar-refractivity contribution < 1.29 is 9.90 Å². The van der Waals surface area contributed by atoms with Crippen LogP contribution in [0.1, 0.15) is 37.3 Å². The molecular weight excluding hydrogens is 238 g/mol. The Kier molecular flexibility index (Phi) is 4.97. The number of amides is 1. The molecule has 104 valence electrons. The number of hydrogen-bond donors (Lipinski definition) is 1. The molecule has 0 aromatic heterocycles. The zero-order valence-corrected chi connectivity index (χ0v) is 11.6. The van der Waals surface area contributed by atoms with E-state index in [0.29, 0.717) is 25.9 Å². The van der Waals surface area contributed by atoms with Crippen molar-refractivity contribution in [2.75, 3.05) is 13.1 Å². The first-order chi connectivity index (χ1) is 9.19. The molecule has 1 heterocycles. The third-order valence-corrected chi connectivity index (χ3v) is 3.71. The van der Waals surface area contributed by atoms with Gasteiger partial charge in [-0.25, -0.2) is 0 Å². The lowest BCUT2D eigenvalue weighted by atomic mass is 10.0. The number of nitrogens with zero attached hydrogens (tertiary/aromatic N) is 1. The lowest BCUT2D eigenvalue weighted by molar-refractivity contribution is -0.129. The molecule has 1 fully saturated rings. The molecule has 1 N–H and O–H groups in total. The number of benzene rings is 1. The van der Waals surface area contributed by atoms with Crippen LogP contribution in [0.15, 0.2) is 24.3 Å². The molecule has 0 bridgehead atoms. The second kappa shape index (κ2) is 6.71. The maximum absolute atomic E-state index is 12.0. The topological polar surface area (TPSA) is 40.5 Å². The number of aliphatic hydroxyl groups is 1. The van der Waals surface area contributed by atoms with E-state index in [1.54, 1.807) is 4.90 Å². The van der Waals surface area contributed by atoms with Gasteiger partial charge in [0.15, 0.2) is 0 Å². The number of carbonyl (C=O) groups excluding carboxylic acids is 1. The first-order valence-electron chi connectivity index (χ1n) is 7.22. The molecule has 0 unspecified atom stereocenters. The van der Waals surface area contributed by atoms with Crippen molar-refractivity contribution in [3.05, 3.63) is 35.4 Å². The molecule has 1 aromatic rings. The van der Waals surface area contributed by atoms with Gasteiger partial charge in [0.05, 0.1) is 12.5 Å². The van der Waals surface area contributed by atoms with E-state index in [1.807, 2.05) is 0 Å². The van der Waals surface area contributed by atoms with Gasteiger partial charge in [0.1, 0.15) is 0 Å². The Hall–Kier alpha value is -1.35. The van der Waals surface area contributed by atoms with Gasteiger partial charge in [0.25, 0.3) is 0 Å². The standard InChI is InChI=1S/C16H23NO2/c1-2-3-4-13-5-7-14(8-6-13)11-16(19)17-10-9-15(18)12-17/h5-8,15,18H,2-4,9-12H2,1H3/t15-/m0/s1. The summed E-state index contributed by atoms with van der Waals surface area (Å²) >= 11 is 0. The minimum atomic E-state index is -0.333. The summed E-state index contributed by atoms with van der Waals surface area (Å²) in [7, 11) is 0. The summed E-state index contributed by atoms with van der Waals surface area (Å²) in [6, 6.07) is 8.35. The first kappa shape index (κ1) is 14.1. The maximum Gasteiger partial charge on any atom is 0.227 e. The minimum Gasteiger partial charge on any atom is -0.391 e. The number of rotatable bonds is 5. The molecule has 2 rings (SSSR count). The number of aliphatic hydroxyl groups excluding tert-OH is 1. The van der Waals surface area contributed by atoms with Gasteiger partial charge in [-0.3, -0.25) is 4.79 Å². The molecule has 0 aliphatic carbocycles. The predicted molar refractivity (Wildman–Crippen MR) is 76.0 cm³/mol. The average molecular weight is 261 g/mol. The third-order valence-electron chi connectivity index (χ3n) is 3.71. The number of likely N-dealkylation sites (tertiary alicyclic amines) is 1. The predicted octanol–water partition coefficient (Wildman–Crippen LogP) is 2.16. The maximum atomic E-state index is 12.0. The van der Waals surface area contributed by atoms with E-state index in [-0.39, 0.29) is 12.0 Å². The highest BCUT2D eigenvalue weighted by molar-refractivity contribution is 5.79. The highest BCUT2D eigenvalue weighted by atomic mass is 16.3. The van der Waals surface area contributed by atoms with Gasteiger partial charge in [-0.1, -0.05) is 37.6 Å². The first-order valence-corrected chi connectivity index (χ1v) is 7.22. The average Bonchev–Trinajstić information content (AvgIpc) is 2.85. The molecule has 1 saturated heterocycles. The number of aryl methyl sites for hydroxylation is 1. The van der Waals surface area contributed by atoms with Crippen LogP contribution in [0.3, 0.4) is 0 Å². The van der Waals surface area contributed by atoms with Crippen molar-refractivity contribution in [2.45, 2.75) is 45.1 Å². The van der Waals surface area contributed by atoms with Gasteiger partial charge in [0.2, 0.25) is 5.91 Å². The van der Waals surface area contributed by atoms with E-state index < -0.39 is 0 Å². The van der Waals surface area contributed by atoms with E-state index >= 15 is 0 Å².